The molecule has 3 heteroatoms. The number of aromatic nitrogens is 1. The van der Waals surface area contributed by atoms with Gasteiger partial charge in [-0.3, -0.25) is 4.98 Å². The molecule has 0 saturated carbocycles. The van der Waals surface area contributed by atoms with Crippen LogP contribution in [0.4, 0.5) is 0 Å². The molecule has 0 aliphatic rings. The van der Waals surface area contributed by atoms with Gasteiger partial charge in [0.1, 0.15) is 0 Å². The minimum Gasteiger partial charge on any atom is -0.255 e. The molecule has 0 N–H and O–H groups in total. The topological polar surface area (TPSA) is 12.9 Å². The molecular weight excluding hydrogens is 462 g/mol. The molecule has 6 aromatic rings. The maximum absolute atomic E-state index is 4.94. The summed E-state index contributed by atoms with van der Waals surface area (Å²) in [6.07, 6.45) is 3.13. The van der Waals surface area contributed by atoms with Crippen LogP contribution in [0.2, 0.25) is 0 Å². The van der Waals surface area contributed by atoms with Gasteiger partial charge in [0.2, 0.25) is 0 Å². The monoisotopic (exact) mass is 493 g/mol. The van der Waals surface area contributed by atoms with Gasteiger partial charge >= 0.3 is 0 Å². The number of fused-ring (bicyclic) bond motifs is 5. The van der Waals surface area contributed by atoms with Crippen molar-refractivity contribution in [2.75, 3.05) is 0 Å². The first kappa shape index (κ1) is 22.7. The molecule has 0 saturated heterocycles. The summed E-state index contributed by atoms with van der Waals surface area (Å²) in [6.45, 7) is 13.8. The lowest BCUT2D eigenvalue weighted by atomic mass is 9.82. The number of hydrogen-bond acceptors (Lipinski definition) is 3. The molecule has 0 atom stereocenters. The van der Waals surface area contributed by atoms with Crippen LogP contribution in [-0.2, 0) is 11.8 Å². The Labute approximate surface area is 215 Å². The van der Waals surface area contributed by atoms with Crippen molar-refractivity contribution in [1.82, 2.24) is 4.98 Å². The van der Waals surface area contributed by atoms with Gasteiger partial charge in [-0.15, -0.1) is 22.7 Å². The first-order valence-corrected chi connectivity index (χ1v) is 14.1. The van der Waals surface area contributed by atoms with Crippen LogP contribution in [-0.4, -0.2) is 4.98 Å². The number of benzene rings is 3. The van der Waals surface area contributed by atoms with E-state index in [2.05, 4.69) is 96.1 Å². The van der Waals surface area contributed by atoms with E-state index in [1.165, 1.54) is 62.6 Å². The zero-order valence-corrected chi connectivity index (χ0v) is 23.0. The average Bonchev–Trinajstić information content (AvgIpc) is 3.32. The highest BCUT2D eigenvalue weighted by Gasteiger charge is 2.21. The van der Waals surface area contributed by atoms with Crippen LogP contribution in [0.1, 0.15) is 50.6 Å². The van der Waals surface area contributed by atoms with Crippen LogP contribution in [0.3, 0.4) is 0 Å². The molecular formula is C32H31NS2. The maximum atomic E-state index is 4.94. The van der Waals surface area contributed by atoms with Crippen molar-refractivity contribution in [3.05, 3.63) is 76.8 Å². The first-order valence-electron chi connectivity index (χ1n) is 12.5. The third-order valence-electron chi connectivity index (χ3n) is 7.06. The Kier molecular flexibility index (Phi) is 5.28. The summed E-state index contributed by atoms with van der Waals surface area (Å²) in [7, 11) is 0. The summed E-state index contributed by atoms with van der Waals surface area (Å²) in [4.78, 5) is 6.41. The molecule has 0 aliphatic heterocycles. The van der Waals surface area contributed by atoms with E-state index in [1.807, 2.05) is 28.9 Å². The van der Waals surface area contributed by atoms with Gasteiger partial charge in [-0.05, 0) is 82.3 Å². The quantitative estimate of drug-likeness (QED) is 0.239. The van der Waals surface area contributed by atoms with Crippen molar-refractivity contribution in [2.45, 2.75) is 53.4 Å². The van der Waals surface area contributed by atoms with Crippen LogP contribution < -0.4 is 0 Å². The van der Waals surface area contributed by atoms with Gasteiger partial charge in [0.15, 0.2) is 0 Å². The summed E-state index contributed by atoms with van der Waals surface area (Å²) in [5.74, 6) is 0.658. The van der Waals surface area contributed by atoms with E-state index in [9.17, 15) is 0 Å². The van der Waals surface area contributed by atoms with E-state index in [-0.39, 0.29) is 5.41 Å². The fourth-order valence-electron chi connectivity index (χ4n) is 5.40. The van der Waals surface area contributed by atoms with Gasteiger partial charge in [-0.25, -0.2) is 0 Å². The molecule has 176 valence electrons. The molecule has 3 heterocycles. The van der Waals surface area contributed by atoms with Crippen LogP contribution >= 0.6 is 22.7 Å². The molecule has 0 amide bonds. The highest BCUT2D eigenvalue weighted by atomic mass is 32.1. The minimum atomic E-state index is 0.0543. The van der Waals surface area contributed by atoms with Crippen LogP contribution in [0.25, 0.3) is 52.3 Å². The number of pyridine rings is 1. The maximum Gasteiger partial charge on any atom is 0.0880 e. The van der Waals surface area contributed by atoms with Crippen molar-refractivity contribution >= 4 is 63.7 Å². The Hall–Kier alpha value is -2.75. The smallest absolute Gasteiger partial charge is 0.0880 e. The third kappa shape index (κ3) is 3.77. The second-order valence-corrected chi connectivity index (χ2v) is 13.5. The number of hydrogen-bond donors (Lipinski definition) is 0. The Morgan fingerprint density at radius 2 is 1.57 bits per heavy atom. The van der Waals surface area contributed by atoms with E-state index < -0.39 is 0 Å². The van der Waals surface area contributed by atoms with E-state index in [0.717, 1.165) is 12.1 Å². The van der Waals surface area contributed by atoms with E-state index in [1.54, 1.807) is 0 Å². The SMILES string of the molecule is Cc1sc2cc3c(cc2c1CC(C)C)sc1c(-c2cc(C(C)(C)C)c4ccccc4c2)nccc13. The van der Waals surface area contributed by atoms with Crippen molar-refractivity contribution in [3.8, 4) is 11.3 Å². The fraction of sp³-hybridized carbons (Fsp3) is 0.281. The van der Waals surface area contributed by atoms with Gasteiger partial charge in [-0.2, -0.15) is 0 Å². The van der Waals surface area contributed by atoms with Crippen molar-refractivity contribution in [3.63, 3.8) is 0 Å². The first-order chi connectivity index (χ1) is 16.7. The molecule has 1 nitrogen and oxygen atoms in total. The highest BCUT2D eigenvalue weighted by molar-refractivity contribution is 7.26. The average molecular weight is 494 g/mol. The predicted molar refractivity (Wildman–Crippen MR) is 157 cm³/mol. The molecule has 0 unspecified atom stereocenters. The number of aryl methyl sites for hydroxylation is 1. The largest absolute Gasteiger partial charge is 0.255 e. The summed E-state index contributed by atoms with van der Waals surface area (Å²) in [5.41, 5.74) is 5.27. The third-order valence-corrected chi connectivity index (χ3v) is 9.34. The van der Waals surface area contributed by atoms with E-state index in [4.69, 9.17) is 4.98 Å². The van der Waals surface area contributed by atoms with Crippen LogP contribution in [0.5, 0.6) is 0 Å². The molecule has 6 rings (SSSR count). The predicted octanol–water partition coefficient (Wildman–Crippen LogP) is 10.3. The normalized spacial score (nSPS) is 12.7. The second-order valence-electron chi connectivity index (χ2n) is 11.2. The molecule has 0 radical (unpaired) electrons. The zero-order valence-electron chi connectivity index (χ0n) is 21.3. The lowest BCUT2D eigenvalue weighted by molar-refractivity contribution is 0.596. The van der Waals surface area contributed by atoms with Gasteiger partial charge < -0.3 is 0 Å². The molecule has 35 heavy (non-hydrogen) atoms. The van der Waals surface area contributed by atoms with Gasteiger partial charge in [0, 0.05) is 36.8 Å². The lowest BCUT2D eigenvalue weighted by Crippen LogP contribution is -2.12. The molecule has 0 spiro atoms. The molecule has 3 aromatic carbocycles. The number of nitrogens with zero attached hydrogens (tertiary/aromatic N) is 1. The summed E-state index contributed by atoms with van der Waals surface area (Å²) in [5, 5.41) is 6.73. The van der Waals surface area contributed by atoms with E-state index in [0.29, 0.717) is 5.92 Å². The molecule has 0 fully saturated rings. The van der Waals surface area contributed by atoms with Crippen LogP contribution in [0, 0.1) is 12.8 Å². The Balaban J connectivity index is 1.62. The summed E-state index contributed by atoms with van der Waals surface area (Å²) >= 11 is 3.84. The van der Waals surface area contributed by atoms with Crippen molar-refractivity contribution < 1.29 is 0 Å². The summed E-state index contributed by atoms with van der Waals surface area (Å²) < 4.78 is 4.06. The Morgan fingerprint density at radius 1 is 0.829 bits per heavy atom. The summed E-state index contributed by atoms with van der Waals surface area (Å²) in [6, 6.07) is 20.5. The Bertz CT molecular complexity index is 1740. The molecule has 3 aromatic heterocycles. The number of thiophene rings is 2. The second kappa shape index (κ2) is 8.15. The van der Waals surface area contributed by atoms with Crippen molar-refractivity contribution in [2.24, 2.45) is 5.92 Å². The lowest BCUT2D eigenvalue weighted by Gasteiger charge is -2.22. The standard InChI is InChI=1S/C32H31NS2/c1-18(2)13-24-19(3)34-28-16-25-23-11-12-33-30(31(23)35-29(25)17-26(24)28)21-14-20-9-7-8-10-22(20)27(15-21)32(4,5)6/h7-12,14-18H,13H2,1-6H3. The van der Waals surface area contributed by atoms with Gasteiger partial charge in [-0.1, -0.05) is 58.9 Å². The van der Waals surface area contributed by atoms with E-state index >= 15 is 0 Å². The van der Waals surface area contributed by atoms with Crippen molar-refractivity contribution in [1.29, 1.82) is 0 Å². The Morgan fingerprint density at radius 3 is 2.34 bits per heavy atom. The van der Waals surface area contributed by atoms with Gasteiger partial charge in [0.25, 0.3) is 0 Å². The minimum absolute atomic E-state index is 0.0543. The molecule has 0 bridgehead atoms. The zero-order chi connectivity index (χ0) is 24.5. The van der Waals surface area contributed by atoms with Gasteiger partial charge in [0.05, 0.1) is 10.4 Å². The van der Waals surface area contributed by atoms with Crippen LogP contribution in [0.15, 0.2) is 60.8 Å². The molecule has 0 aliphatic carbocycles. The highest BCUT2D eigenvalue weighted by Crippen LogP contribution is 2.44. The fourth-order valence-corrected chi connectivity index (χ4v) is 7.75. The number of rotatable bonds is 3.